The molecule has 4 rings (SSSR count). The van der Waals surface area contributed by atoms with Crippen molar-refractivity contribution < 1.29 is 9.59 Å². The van der Waals surface area contributed by atoms with Gasteiger partial charge < -0.3 is 15.5 Å². The molecule has 5 nitrogen and oxygen atoms in total. The number of nitrogens with zero attached hydrogens (tertiary/aromatic N) is 1. The lowest BCUT2D eigenvalue weighted by atomic mass is 9.78. The van der Waals surface area contributed by atoms with E-state index in [2.05, 4.69) is 15.5 Å². The molecule has 3 aliphatic rings. The van der Waals surface area contributed by atoms with E-state index in [-0.39, 0.29) is 18.4 Å². The highest BCUT2D eigenvalue weighted by Gasteiger charge is 2.35. The van der Waals surface area contributed by atoms with Crippen LogP contribution in [0.3, 0.4) is 0 Å². The van der Waals surface area contributed by atoms with Gasteiger partial charge in [-0.2, -0.15) is 0 Å². The Labute approximate surface area is 155 Å². The molecule has 2 saturated carbocycles. The average Bonchev–Trinajstić information content (AvgIpc) is 3.50. The van der Waals surface area contributed by atoms with Gasteiger partial charge in [0.25, 0.3) is 5.91 Å². The van der Waals surface area contributed by atoms with Crippen molar-refractivity contribution in [3.05, 3.63) is 29.8 Å². The molecule has 140 valence electrons. The van der Waals surface area contributed by atoms with E-state index in [9.17, 15) is 9.59 Å². The van der Waals surface area contributed by atoms with Crippen LogP contribution in [0.4, 0.5) is 5.69 Å². The minimum atomic E-state index is -0.0478. The lowest BCUT2D eigenvalue weighted by Crippen LogP contribution is -2.51. The van der Waals surface area contributed by atoms with Gasteiger partial charge in [-0.1, -0.05) is 25.0 Å². The Balaban J connectivity index is 1.39. The fourth-order valence-corrected chi connectivity index (χ4v) is 4.53. The maximum atomic E-state index is 12.9. The highest BCUT2D eigenvalue weighted by atomic mass is 16.2. The molecule has 1 saturated heterocycles. The summed E-state index contributed by atoms with van der Waals surface area (Å²) in [6.07, 6.45) is 9.49. The molecule has 5 heteroatoms. The van der Waals surface area contributed by atoms with Crippen molar-refractivity contribution in [3.63, 3.8) is 0 Å². The highest BCUT2D eigenvalue weighted by molar-refractivity contribution is 6.00. The summed E-state index contributed by atoms with van der Waals surface area (Å²) in [6, 6.07) is 8.23. The number of carbonyl (C=O) groups excluding carboxylic acids is 2. The van der Waals surface area contributed by atoms with Gasteiger partial charge in [-0.05, 0) is 56.6 Å². The van der Waals surface area contributed by atoms with E-state index >= 15 is 0 Å². The second-order valence-corrected chi connectivity index (χ2v) is 7.99. The minimum Gasteiger partial charge on any atom is -0.376 e. The molecule has 2 unspecified atom stereocenters. The quantitative estimate of drug-likeness (QED) is 0.853. The van der Waals surface area contributed by atoms with Crippen LogP contribution >= 0.6 is 0 Å². The zero-order valence-electron chi connectivity index (χ0n) is 15.4. The Morgan fingerprint density at radius 1 is 1.00 bits per heavy atom. The summed E-state index contributed by atoms with van der Waals surface area (Å²) in [5.74, 6) is 0.811. The van der Waals surface area contributed by atoms with Crippen molar-refractivity contribution >= 4 is 17.5 Å². The second kappa shape index (κ2) is 7.68. The minimum absolute atomic E-state index is 0.0478. The van der Waals surface area contributed by atoms with E-state index < -0.39 is 0 Å². The third-order valence-corrected chi connectivity index (χ3v) is 6.08. The van der Waals surface area contributed by atoms with Crippen LogP contribution in [0.25, 0.3) is 0 Å². The first-order chi connectivity index (χ1) is 12.7. The number of benzene rings is 1. The second-order valence-electron chi connectivity index (χ2n) is 7.99. The van der Waals surface area contributed by atoms with E-state index in [0.29, 0.717) is 23.6 Å². The van der Waals surface area contributed by atoms with Gasteiger partial charge in [0.05, 0.1) is 12.1 Å². The van der Waals surface area contributed by atoms with Gasteiger partial charge in [-0.15, -0.1) is 0 Å². The largest absolute Gasteiger partial charge is 0.376 e. The molecule has 1 aromatic carbocycles. The Bertz CT molecular complexity index is 669. The highest BCUT2D eigenvalue weighted by Crippen LogP contribution is 2.35. The Morgan fingerprint density at radius 2 is 1.77 bits per heavy atom. The van der Waals surface area contributed by atoms with Crippen LogP contribution in [0.15, 0.2) is 24.3 Å². The van der Waals surface area contributed by atoms with Crippen LogP contribution in [0, 0.1) is 5.92 Å². The van der Waals surface area contributed by atoms with E-state index in [1.165, 1.54) is 25.7 Å². The zero-order chi connectivity index (χ0) is 17.9. The van der Waals surface area contributed by atoms with Crippen molar-refractivity contribution in [3.8, 4) is 0 Å². The molecule has 1 heterocycles. The number of fused-ring (bicyclic) bond motifs is 1. The number of likely N-dealkylation sites (tertiary alicyclic amines) is 1. The molecule has 26 heavy (non-hydrogen) atoms. The number of amides is 2. The molecule has 2 aliphatic carbocycles. The number of hydrogen-bond donors (Lipinski definition) is 2. The Hall–Kier alpha value is -2.04. The van der Waals surface area contributed by atoms with Crippen molar-refractivity contribution in [2.75, 3.05) is 18.4 Å². The van der Waals surface area contributed by atoms with Gasteiger partial charge in [0.2, 0.25) is 5.91 Å². The first kappa shape index (κ1) is 17.4. The fraction of sp³-hybridized carbons (Fsp3) is 0.619. The molecule has 0 bridgehead atoms. The maximum Gasteiger partial charge on any atom is 0.253 e. The Kier molecular flexibility index (Phi) is 5.14. The van der Waals surface area contributed by atoms with Crippen LogP contribution < -0.4 is 10.6 Å². The molecule has 3 fully saturated rings. The summed E-state index contributed by atoms with van der Waals surface area (Å²) in [5.41, 5.74) is 1.37. The van der Waals surface area contributed by atoms with Crippen molar-refractivity contribution in [2.45, 2.75) is 63.5 Å². The van der Waals surface area contributed by atoms with Crippen molar-refractivity contribution in [1.82, 2.24) is 10.2 Å². The zero-order valence-corrected chi connectivity index (χ0v) is 15.4. The summed E-state index contributed by atoms with van der Waals surface area (Å²) in [6.45, 7) is 1.14. The van der Waals surface area contributed by atoms with E-state index in [1.807, 2.05) is 24.3 Å². The number of piperidine rings is 1. The van der Waals surface area contributed by atoms with Gasteiger partial charge in [-0.25, -0.2) is 0 Å². The summed E-state index contributed by atoms with van der Waals surface area (Å²) >= 11 is 0. The summed E-state index contributed by atoms with van der Waals surface area (Å²) in [5, 5.41) is 6.25. The van der Waals surface area contributed by atoms with Crippen LogP contribution in [0.1, 0.15) is 61.7 Å². The molecule has 2 amide bonds. The number of carbonyl (C=O) groups is 2. The number of nitrogens with one attached hydrogen (secondary N) is 2. The molecular weight excluding hydrogens is 326 g/mol. The number of anilines is 1. The molecule has 1 aromatic rings. The lowest BCUT2D eigenvalue weighted by molar-refractivity contribution is -0.135. The maximum absolute atomic E-state index is 12.9. The van der Waals surface area contributed by atoms with Crippen LogP contribution in [-0.4, -0.2) is 41.9 Å². The van der Waals surface area contributed by atoms with E-state index in [0.717, 1.165) is 37.9 Å². The predicted molar refractivity (Wildman–Crippen MR) is 102 cm³/mol. The van der Waals surface area contributed by atoms with E-state index in [1.54, 1.807) is 0 Å². The summed E-state index contributed by atoms with van der Waals surface area (Å²) in [7, 11) is 0. The average molecular weight is 355 g/mol. The van der Waals surface area contributed by atoms with Crippen molar-refractivity contribution in [2.24, 2.45) is 5.92 Å². The molecule has 0 radical (unpaired) electrons. The lowest BCUT2D eigenvalue weighted by Gasteiger charge is -2.44. The predicted octanol–water partition coefficient (Wildman–Crippen LogP) is 3.17. The Morgan fingerprint density at radius 3 is 2.62 bits per heavy atom. The van der Waals surface area contributed by atoms with Crippen LogP contribution in [0.2, 0.25) is 0 Å². The summed E-state index contributed by atoms with van der Waals surface area (Å²) in [4.78, 5) is 27.4. The van der Waals surface area contributed by atoms with Gasteiger partial charge in [0.15, 0.2) is 0 Å². The normalized spacial score (nSPS) is 25.3. The third-order valence-electron chi connectivity index (χ3n) is 6.08. The number of para-hydroxylation sites is 1. The first-order valence-electron chi connectivity index (χ1n) is 10.2. The number of hydrogen-bond acceptors (Lipinski definition) is 3. The van der Waals surface area contributed by atoms with Crippen LogP contribution in [-0.2, 0) is 4.79 Å². The SMILES string of the molecule is O=C(NC1CC1)c1ccccc1NCC(=O)N1CCCC2CCCCC21. The third kappa shape index (κ3) is 3.87. The smallest absolute Gasteiger partial charge is 0.253 e. The van der Waals surface area contributed by atoms with Crippen molar-refractivity contribution in [1.29, 1.82) is 0 Å². The van der Waals surface area contributed by atoms with E-state index in [4.69, 9.17) is 0 Å². The van der Waals surface area contributed by atoms with Gasteiger partial charge in [-0.3, -0.25) is 9.59 Å². The molecule has 2 N–H and O–H groups in total. The summed E-state index contributed by atoms with van der Waals surface area (Å²) < 4.78 is 0. The van der Waals surface area contributed by atoms with Crippen LogP contribution in [0.5, 0.6) is 0 Å². The van der Waals surface area contributed by atoms with Gasteiger partial charge in [0.1, 0.15) is 0 Å². The standard InChI is InChI=1S/C21H29N3O2/c25-20(24-13-5-7-15-6-1-4-10-19(15)24)14-22-18-9-3-2-8-17(18)21(26)23-16-11-12-16/h2-3,8-9,15-16,19,22H,1,4-7,10-14H2,(H,23,26). The van der Waals surface area contributed by atoms with Gasteiger partial charge in [0, 0.05) is 24.3 Å². The molecule has 0 aromatic heterocycles. The molecule has 1 aliphatic heterocycles. The number of rotatable bonds is 5. The van der Waals surface area contributed by atoms with Gasteiger partial charge >= 0.3 is 0 Å². The molecule has 0 spiro atoms. The fourth-order valence-electron chi connectivity index (χ4n) is 4.53. The monoisotopic (exact) mass is 355 g/mol. The topological polar surface area (TPSA) is 61.4 Å². The first-order valence-corrected chi connectivity index (χ1v) is 10.2. The molecular formula is C21H29N3O2. The molecule has 2 atom stereocenters.